The standard InChI is InChI=1S/C18H27ClN2O/c1-14-11-21(12-15(2)22-14)17-7-9-20(10-8-17)13-16-5-3-4-6-18(16)19/h3-6,14-15,17H,7-13H2,1-2H3/t14-,15-/m0/s1. The normalized spacial score (nSPS) is 28.9. The lowest BCUT2D eigenvalue weighted by Crippen LogP contribution is -2.53. The van der Waals surface area contributed by atoms with E-state index in [0.29, 0.717) is 12.2 Å². The van der Waals surface area contributed by atoms with Crippen LogP contribution in [0.2, 0.25) is 5.02 Å². The van der Waals surface area contributed by atoms with Crippen molar-refractivity contribution in [3.05, 3.63) is 34.9 Å². The summed E-state index contributed by atoms with van der Waals surface area (Å²) < 4.78 is 5.85. The van der Waals surface area contributed by atoms with E-state index in [-0.39, 0.29) is 0 Å². The van der Waals surface area contributed by atoms with E-state index in [1.807, 2.05) is 12.1 Å². The molecule has 0 radical (unpaired) electrons. The van der Waals surface area contributed by atoms with Gasteiger partial charge in [-0.3, -0.25) is 9.80 Å². The molecule has 0 aliphatic carbocycles. The lowest BCUT2D eigenvalue weighted by Gasteiger charge is -2.43. The Morgan fingerprint density at radius 3 is 2.36 bits per heavy atom. The SMILES string of the molecule is C[C@H]1CN(C2CCN(Cc3ccccc3Cl)CC2)C[C@H](C)O1. The highest BCUT2D eigenvalue weighted by atomic mass is 35.5. The van der Waals surface area contributed by atoms with Crippen molar-refractivity contribution >= 4 is 11.6 Å². The van der Waals surface area contributed by atoms with Crippen LogP contribution in [-0.4, -0.2) is 54.2 Å². The number of halogens is 1. The van der Waals surface area contributed by atoms with Gasteiger partial charge in [0.05, 0.1) is 12.2 Å². The van der Waals surface area contributed by atoms with E-state index in [0.717, 1.165) is 43.8 Å². The Labute approximate surface area is 139 Å². The summed E-state index contributed by atoms with van der Waals surface area (Å²) in [6, 6.07) is 8.92. The highest BCUT2D eigenvalue weighted by molar-refractivity contribution is 6.31. The smallest absolute Gasteiger partial charge is 0.0678 e. The Kier molecular flexibility index (Phi) is 5.40. The Morgan fingerprint density at radius 1 is 1.09 bits per heavy atom. The van der Waals surface area contributed by atoms with Crippen LogP contribution in [0.15, 0.2) is 24.3 Å². The molecule has 4 heteroatoms. The summed E-state index contributed by atoms with van der Waals surface area (Å²) in [5.74, 6) is 0. The lowest BCUT2D eigenvalue weighted by molar-refractivity contribution is -0.0865. The summed E-state index contributed by atoms with van der Waals surface area (Å²) in [6.07, 6.45) is 3.24. The molecule has 0 bridgehead atoms. The molecule has 1 aromatic rings. The van der Waals surface area contributed by atoms with E-state index >= 15 is 0 Å². The minimum absolute atomic E-state index is 0.366. The van der Waals surface area contributed by atoms with E-state index in [9.17, 15) is 0 Å². The Bertz CT molecular complexity index is 478. The molecule has 22 heavy (non-hydrogen) atoms. The van der Waals surface area contributed by atoms with E-state index < -0.39 is 0 Å². The van der Waals surface area contributed by atoms with E-state index in [2.05, 4.69) is 35.8 Å². The highest BCUT2D eigenvalue weighted by Gasteiger charge is 2.30. The first-order valence-corrected chi connectivity index (χ1v) is 8.85. The van der Waals surface area contributed by atoms with Gasteiger partial charge in [-0.25, -0.2) is 0 Å². The highest BCUT2D eigenvalue weighted by Crippen LogP contribution is 2.24. The third kappa shape index (κ3) is 4.02. The molecule has 1 aromatic carbocycles. The number of hydrogen-bond donors (Lipinski definition) is 0. The van der Waals surface area contributed by atoms with Crippen LogP contribution in [0.5, 0.6) is 0 Å². The fourth-order valence-corrected chi connectivity index (χ4v) is 4.02. The minimum atomic E-state index is 0.366. The molecule has 2 saturated heterocycles. The third-order valence-corrected chi connectivity index (χ3v) is 5.24. The van der Waals surface area contributed by atoms with Crippen molar-refractivity contribution in [2.24, 2.45) is 0 Å². The molecule has 3 nitrogen and oxygen atoms in total. The first-order valence-electron chi connectivity index (χ1n) is 8.47. The number of nitrogens with zero attached hydrogens (tertiary/aromatic N) is 2. The zero-order chi connectivity index (χ0) is 15.5. The van der Waals surface area contributed by atoms with Crippen molar-refractivity contribution in [1.82, 2.24) is 9.80 Å². The second-order valence-corrected chi connectivity index (χ2v) is 7.22. The van der Waals surface area contributed by atoms with Crippen LogP contribution >= 0.6 is 11.6 Å². The maximum Gasteiger partial charge on any atom is 0.0678 e. The predicted molar refractivity (Wildman–Crippen MR) is 91.3 cm³/mol. The van der Waals surface area contributed by atoms with Gasteiger partial charge in [0, 0.05) is 30.7 Å². The van der Waals surface area contributed by atoms with E-state index in [1.54, 1.807) is 0 Å². The van der Waals surface area contributed by atoms with Crippen molar-refractivity contribution in [2.45, 2.75) is 51.5 Å². The van der Waals surface area contributed by atoms with Crippen LogP contribution in [0.4, 0.5) is 0 Å². The van der Waals surface area contributed by atoms with Crippen LogP contribution in [-0.2, 0) is 11.3 Å². The van der Waals surface area contributed by atoms with Gasteiger partial charge in [0.25, 0.3) is 0 Å². The van der Waals surface area contributed by atoms with Crippen molar-refractivity contribution in [3.8, 4) is 0 Å². The number of benzene rings is 1. The fourth-order valence-electron chi connectivity index (χ4n) is 3.83. The van der Waals surface area contributed by atoms with Gasteiger partial charge in [-0.2, -0.15) is 0 Å². The first kappa shape index (κ1) is 16.3. The summed E-state index contributed by atoms with van der Waals surface area (Å²) in [6.45, 7) is 9.84. The molecule has 2 aliphatic heterocycles. The summed E-state index contributed by atoms with van der Waals surface area (Å²) >= 11 is 6.28. The molecule has 0 unspecified atom stereocenters. The molecule has 2 heterocycles. The van der Waals surface area contributed by atoms with Crippen molar-refractivity contribution in [2.75, 3.05) is 26.2 Å². The van der Waals surface area contributed by atoms with Gasteiger partial charge in [-0.05, 0) is 51.4 Å². The van der Waals surface area contributed by atoms with Gasteiger partial charge >= 0.3 is 0 Å². The molecular formula is C18H27ClN2O. The minimum Gasteiger partial charge on any atom is -0.373 e. The fraction of sp³-hybridized carbons (Fsp3) is 0.667. The second kappa shape index (κ2) is 7.31. The zero-order valence-electron chi connectivity index (χ0n) is 13.7. The molecule has 0 saturated carbocycles. The molecule has 0 spiro atoms. The van der Waals surface area contributed by atoms with Gasteiger partial charge in [-0.1, -0.05) is 29.8 Å². The molecule has 0 N–H and O–H groups in total. The lowest BCUT2D eigenvalue weighted by atomic mass is 10.0. The van der Waals surface area contributed by atoms with Gasteiger partial charge in [-0.15, -0.1) is 0 Å². The van der Waals surface area contributed by atoms with Crippen LogP contribution in [0, 0.1) is 0 Å². The number of hydrogen-bond acceptors (Lipinski definition) is 3. The maximum absolute atomic E-state index is 6.28. The largest absolute Gasteiger partial charge is 0.373 e. The Balaban J connectivity index is 1.51. The van der Waals surface area contributed by atoms with Gasteiger partial charge < -0.3 is 4.74 Å². The number of morpholine rings is 1. The van der Waals surface area contributed by atoms with Crippen molar-refractivity contribution in [3.63, 3.8) is 0 Å². The maximum atomic E-state index is 6.28. The van der Waals surface area contributed by atoms with Crippen molar-refractivity contribution in [1.29, 1.82) is 0 Å². The molecule has 0 aromatic heterocycles. The number of rotatable bonds is 3. The monoisotopic (exact) mass is 322 g/mol. The van der Waals surface area contributed by atoms with Gasteiger partial charge in [0.2, 0.25) is 0 Å². The zero-order valence-corrected chi connectivity index (χ0v) is 14.4. The topological polar surface area (TPSA) is 15.7 Å². The quantitative estimate of drug-likeness (QED) is 0.848. The average Bonchev–Trinajstić information content (AvgIpc) is 2.49. The molecule has 0 amide bonds. The Hall–Kier alpha value is -0.610. The molecule has 2 aliphatic rings. The van der Waals surface area contributed by atoms with Crippen LogP contribution in [0.1, 0.15) is 32.3 Å². The summed E-state index contributed by atoms with van der Waals surface area (Å²) in [5.41, 5.74) is 1.25. The van der Waals surface area contributed by atoms with Crippen LogP contribution in [0.3, 0.4) is 0 Å². The molecule has 2 atom stereocenters. The number of likely N-dealkylation sites (tertiary alicyclic amines) is 1. The van der Waals surface area contributed by atoms with Crippen LogP contribution in [0.25, 0.3) is 0 Å². The second-order valence-electron chi connectivity index (χ2n) is 6.81. The molecule has 122 valence electrons. The molecular weight excluding hydrogens is 296 g/mol. The molecule has 2 fully saturated rings. The number of ether oxygens (including phenoxy) is 1. The first-order chi connectivity index (χ1) is 10.6. The predicted octanol–water partition coefficient (Wildman–Crippen LogP) is 3.41. The third-order valence-electron chi connectivity index (χ3n) is 4.87. The van der Waals surface area contributed by atoms with Crippen LogP contribution < -0.4 is 0 Å². The summed E-state index contributed by atoms with van der Waals surface area (Å²) in [5, 5.41) is 0.889. The summed E-state index contributed by atoms with van der Waals surface area (Å²) in [7, 11) is 0. The van der Waals surface area contributed by atoms with Gasteiger partial charge in [0.1, 0.15) is 0 Å². The van der Waals surface area contributed by atoms with Crippen molar-refractivity contribution < 1.29 is 4.74 Å². The molecule has 3 rings (SSSR count). The summed E-state index contributed by atoms with van der Waals surface area (Å²) in [4.78, 5) is 5.18. The van der Waals surface area contributed by atoms with E-state index in [4.69, 9.17) is 16.3 Å². The Morgan fingerprint density at radius 2 is 1.73 bits per heavy atom. The van der Waals surface area contributed by atoms with Gasteiger partial charge in [0.15, 0.2) is 0 Å². The van der Waals surface area contributed by atoms with E-state index in [1.165, 1.54) is 18.4 Å². The number of piperidine rings is 1. The average molecular weight is 323 g/mol.